The van der Waals surface area contributed by atoms with Crippen LogP contribution >= 0.6 is 11.6 Å². The van der Waals surface area contributed by atoms with E-state index in [1.807, 2.05) is 30.3 Å². The highest BCUT2D eigenvalue weighted by Crippen LogP contribution is 2.39. The summed E-state index contributed by atoms with van der Waals surface area (Å²) >= 11 is 6.36. The van der Waals surface area contributed by atoms with Crippen molar-refractivity contribution in [3.8, 4) is 5.75 Å². The van der Waals surface area contributed by atoms with E-state index in [2.05, 4.69) is 37.1 Å². The van der Waals surface area contributed by atoms with Crippen molar-refractivity contribution in [1.82, 2.24) is 4.90 Å². The fourth-order valence-electron chi connectivity index (χ4n) is 5.28. The molecule has 1 aliphatic heterocycles. The van der Waals surface area contributed by atoms with Crippen molar-refractivity contribution in [2.45, 2.75) is 57.3 Å². The Morgan fingerprint density at radius 2 is 2.00 bits per heavy atom. The van der Waals surface area contributed by atoms with Gasteiger partial charge in [0.1, 0.15) is 5.75 Å². The second-order valence-corrected chi connectivity index (χ2v) is 10.8. The number of unbranched alkanes of at least 4 members (excludes halogenated alkanes) is 2. The lowest BCUT2D eigenvalue weighted by molar-refractivity contribution is -0.145. The van der Waals surface area contributed by atoms with Crippen molar-refractivity contribution in [1.29, 1.82) is 0 Å². The van der Waals surface area contributed by atoms with Gasteiger partial charge in [-0.05, 0) is 66.6 Å². The van der Waals surface area contributed by atoms with Crippen molar-refractivity contribution in [3.63, 3.8) is 0 Å². The topological polar surface area (TPSA) is 59.1 Å². The van der Waals surface area contributed by atoms with Crippen LogP contribution < -0.4 is 9.64 Å². The quantitative estimate of drug-likeness (QED) is 0.141. The molecule has 40 heavy (non-hydrogen) atoms. The van der Waals surface area contributed by atoms with Gasteiger partial charge >= 0.3 is 5.97 Å². The van der Waals surface area contributed by atoms with Gasteiger partial charge in [0.05, 0.1) is 25.3 Å². The van der Waals surface area contributed by atoms with E-state index in [-0.39, 0.29) is 18.2 Å². The Morgan fingerprint density at radius 3 is 2.70 bits per heavy atom. The SMILES string of the molecule is C=CCCCCN1CC(c2ccc(Cl)cc2CCC)COc2ccc(C(CC(=O)N(C)CC=C)C(=O)OC)cc21. The van der Waals surface area contributed by atoms with Crippen LogP contribution in [0.5, 0.6) is 5.75 Å². The van der Waals surface area contributed by atoms with Gasteiger partial charge in [0.2, 0.25) is 5.91 Å². The zero-order valence-corrected chi connectivity index (χ0v) is 24.9. The van der Waals surface area contributed by atoms with Crippen molar-refractivity contribution < 1.29 is 19.1 Å². The molecule has 0 radical (unpaired) electrons. The fourth-order valence-corrected chi connectivity index (χ4v) is 5.48. The number of hydrogen-bond acceptors (Lipinski definition) is 5. The maximum absolute atomic E-state index is 12.9. The lowest BCUT2D eigenvalue weighted by atomic mass is 9.91. The van der Waals surface area contributed by atoms with Gasteiger partial charge in [-0.25, -0.2) is 0 Å². The van der Waals surface area contributed by atoms with Gasteiger partial charge in [-0.1, -0.05) is 49.2 Å². The molecule has 3 rings (SSSR count). The molecule has 1 heterocycles. The van der Waals surface area contributed by atoms with E-state index in [1.165, 1.54) is 18.2 Å². The van der Waals surface area contributed by atoms with Crippen molar-refractivity contribution in [2.24, 2.45) is 0 Å². The van der Waals surface area contributed by atoms with Crippen LogP contribution in [0.25, 0.3) is 0 Å². The number of carbonyl (C=O) groups is 2. The number of halogens is 1. The monoisotopic (exact) mass is 566 g/mol. The third-order valence-electron chi connectivity index (χ3n) is 7.45. The Hall–Kier alpha value is -3.25. The Balaban J connectivity index is 1.98. The van der Waals surface area contributed by atoms with Crippen LogP contribution in [-0.4, -0.2) is 57.2 Å². The smallest absolute Gasteiger partial charge is 0.313 e. The van der Waals surface area contributed by atoms with Crippen LogP contribution in [0.1, 0.15) is 67.6 Å². The van der Waals surface area contributed by atoms with Gasteiger partial charge in [0.25, 0.3) is 0 Å². The molecular weight excluding hydrogens is 524 g/mol. The first-order valence-electron chi connectivity index (χ1n) is 14.2. The van der Waals surface area contributed by atoms with Gasteiger partial charge < -0.3 is 19.3 Å². The van der Waals surface area contributed by atoms with Crippen LogP contribution in [0.15, 0.2) is 61.7 Å². The van der Waals surface area contributed by atoms with Crippen molar-refractivity contribution in [2.75, 3.05) is 45.3 Å². The highest BCUT2D eigenvalue weighted by molar-refractivity contribution is 6.30. The molecule has 7 heteroatoms. The molecule has 1 amide bonds. The average Bonchev–Trinajstić information content (AvgIpc) is 3.13. The van der Waals surface area contributed by atoms with Crippen LogP contribution in [0.2, 0.25) is 5.02 Å². The molecule has 2 atom stereocenters. The summed E-state index contributed by atoms with van der Waals surface area (Å²) in [5.41, 5.74) is 4.20. The number of carbonyl (C=O) groups excluding carboxylic acids is 2. The number of hydrogen-bond donors (Lipinski definition) is 0. The van der Waals surface area contributed by atoms with E-state index in [4.69, 9.17) is 21.1 Å². The first kappa shape index (κ1) is 31.3. The number of amides is 1. The second kappa shape index (κ2) is 15.5. The van der Waals surface area contributed by atoms with Crippen molar-refractivity contribution in [3.05, 3.63) is 83.4 Å². The number of allylic oxidation sites excluding steroid dienone is 1. The van der Waals surface area contributed by atoms with Crippen LogP contribution in [0.3, 0.4) is 0 Å². The molecule has 6 nitrogen and oxygen atoms in total. The summed E-state index contributed by atoms with van der Waals surface area (Å²) in [6.07, 6.45) is 8.62. The van der Waals surface area contributed by atoms with Crippen molar-refractivity contribution >= 4 is 29.2 Å². The number of fused-ring (bicyclic) bond motifs is 1. The molecule has 0 N–H and O–H groups in total. The van der Waals surface area contributed by atoms with E-state index in [9.17, 15) is 9.59 Å². The molecule has 1 aliphatic rings. The molecular formula is C33H43ClN2O4. The summed E-state index contributed by atoms with van der Waals surface area (Å²) in [4.78, 5) is 29.7. The van der Waals surface area contributed by atoms with E-state index in [0.29, 0.717) is 13.2 Å². The predicted molar refractivity (Wildman–Crippen MR) is 164 cm³/mol. The molecule has 2 aromatic rings. The summed E-state index contributed by atoms with van der Waals surface area (Å²) < 4.78 is 11.5. The maximum Gasteiger partial charge on any atom is 0.313 e. The Bertz CT molecular complexity index is 1180. The number of methoxy groups -OCH3 is 1. The van der Waals surface area contributed by atoms with E-state index in [1.54, 1.807) is 18.0 Å². The highest BCUT2D eigenvalue weighted by atomic mass is 35.5. The average molecular weight is 567 g/mol. The molecule has 0 saturated carbocycles. The molecule has 216 valence electrons. The van der Waals surface area contributed by atoms with E-state index in [0.717, 1.165) is 67.2 Å². The Kier molecular flexibility index (Phi) is 12.1. The zero-order valence-electron chi connectivity index (χ0n) is 24.2. The molecule has 0 spiro atoms. The Labute approximate surface area is 244 Å². The molecule has 0 aromatic heterocycles. The minimum absolute atomic E-state index is 0.0176. The van der Waals surface area contributed by atoms with Crippen LogP contribution in [0.4, 0.5) is 5.69 Å². The standard InChI is InChI=1S/C33H43ClN2O4/c1-6-9-10-11-18-36-22-26(28-15-14-27(34)19-24(28)12-7-2)23-40-31-16-13-25(20-30(31)36)29(33(38)39-5)21-32(37)35(4)17-8-3/h6,8,13-16,19-20,26,29H,1,3,7,9-12,17-18,21-23H2,2,4-5H3. The first-order chi connectivity index (χ1) is 19.3. The number of benzene rings is 2. The normalized spacial score (nSPS) is 15.3. The zero-order chi connectivity index (χ0) is 29.1. The summed E-state index contributed by atoms with van der Waals surface area (Å²) in [5.74, 6) is -0.367. The number of esters is 1. The Morgan fingerprint density at radius 1 is 1.20 bits per heavy atom. The molecule has 0 fully saturated rings. The van der Waals surface area contributed by atoms with E-state index >= 15 is 0 Å². The summed E-state index contributed by atoms with van der Waals surface area (Å²) in [5, 5.41) is 0.748. The lowest BCUT2D eigenvalue weighted by Gasteiger charge is -2.28. The molecule has 2 unspecified atom stereocenters. The minimum atomic E-state index is -0.718. The number of anilines is 1. The molecule has 2 aromatic carbocycles. The van der Waals surface area contributed by atoms with Gasteiger partial charge in [0, 0.05) is 44.0 Å². The predicted octanol–water partition coefficient (Wildman–Crippen LogP) is 6.92. The number of rotatable bonds is 14. The third-order valence-corrected chi connectivity index (χ3v) is 7.69. The minimum Gasteiger partial charge on any atom is -0.491 e. The number of nitrogens with zero attached hydrogens (tertiary/aromatic N) is 2. The number of aryl methyl sites for hydroxylation is 1. The second-order valence-electron chi connectivity index (χ2n) is 10.4. The van der Waals surface area contributed by atoms with Crippen LogP contribution in [0, 0.1) is 0 Å². The number of ether oxygens (including phenoxy) is 2. The van der Waals surface area contributed by atoms with Crippen LogP contribution in [-0.2, 0) is 20.7 Å². The van der Waals surface area contributed by atoms with Gasteiger partial charge in [-0.2, -0.15) is 0 Å². The molecule has 0 aliphatic carbocycles. The molecule has 0 bridgehead atoms. The summed E-state index contributed by atoms with van der Waals surface area (Å²) in [6.45, 7) is 12.3. The molecule has 0 saturated heterocycles. The summed E-state index contributed by atoms with van der Waals surface area (Å²) in [7, 11) is 3.06. The van der Waals surface area contributed by atoms with Gasteiger partial charge in [-0.15, -0.1) is 13.2 Å². The first-order valence-corrected chi connectivity index (χ1v) is 14.5. The summed E-state index contributed by atoms with van der Waals surface area (Å²) in [6, 6.07) is 12.0. The van der Waals surface area contributed by atoms with E-state index < -0.39 is 11.9 Å². The highest BCUT2D eigenvalue weighted by Gasteiger charge is 2.30. The maximum atomic E-state index is 12.9. The third kappa shape index (κ3) is 8.14. The fraction of sp³-hybridized carbons (Fsp3) is 0.455. The largest absolute Gasteiger partial charge is 0.491 e. The lowest BCUT2D eigenvalue weighted by Crippen LogP contribution is -2.31. The van der Waals surface area contributed by atoms with Gasteiger partial charge in [0.15, 0.2) is 0 Å². The number of likely N-dealkylation sites (N-methyl/N-ethyl adjacent to an activating group) is 1. The van der Waals surface area contributed by atoms with Gasteiger partial charge in [-0.3, -0.25) is 9.59 Å².